The van der Waals surface area contributed by atoms with Gasteiger partial charge in [-0.05, 0) is 143 Å². The maximum absolute atomic E-state index is 2.37. The quantitative estimate of drug-likeness (QED) is 0.237. The Balaban J connectivity index is 0.000000214. The fourth-order valence-corrected chi connectivity index (χ4v) is 7.23. The molecule has 0 nitrogen and oxygen atoms in total. The fraction of sp³-hybridized carbons (Fsp3) is 0.214. The molecular weight excluding hydrogens is 673 g/mol. The predicted molar refractivity (Wildman–Crippen MR) is 248 cm³/mol. The lowest BCUT2D eigenvalue weighted by Gasteiger charge is -2.16. The van der Waals surface area contributed by atoms with Gasteiger partial charge in [0.25, 0.3) is 0 Å². The van der Waals surface area contributed by atoms with Crippen LogP contribution >= 0.6 is 0 Å². The normalized spacial score (nSPS) is 17.7. The van der Waals surface area contributed by atoms with Gasteiger partial charge < -0.3 is 0 Å². The summed E-state index contributed by atoms with van der Waals surface area (Å²) in [6.07, 6.45) is 40.0. The van der Waals surface area contributed by atoms with Crippen molar-refractivity contribution >= 4 is 12.2 Å². The van der Waals surface area contributed by atoms with Crippen LogP contribution in [0.4, 0.5) is 0 Å². The Hall–Kier alpha value is -5.72. The lowest BCUT2D eigenvalue weighted by molar-refractivity contribution is 0.791. The van der Waals surface area contributed by atoms with Crippen LogP contribution in [0, 0.1) is 11.8 Å². The maximum Gasteiger partial charge on any atom is -0.0117 e. The van der Waals surface area contributed by atoms with Crippen molar-refractivity contribution in [3.05, 3.63) is 247 Å². The largest absolute Gasteiger partial charge is 0.0622 e. The van der Waals surface area contributed by atoms with Crippen molar-refractivity contribution < 1.29 is 0 Å². The summed E-state index contributed by atoms with van der Waals surface area (Å²) < 4.78 is 0. The summed E-state index contributed by atoms with van der Waals surface area (Å²) in [6.45, 7) is 22.4. The molecule has 56 heavy (non-hydrogen) atoms. The standard InChI is InChI=1S/2C28H30/c2*1-20(2)26-18-16-22(4)28-23(5)25(17-15-21(3)27(28)19-26)14-10-9-13-24-11-7-6-8-12-24/h2*6-20H,1-5H3/b13-9+,14-10+;13-9+,14-10-. The second-order valence-corrected chi connectivity index (χ2v) is 15.7. The Morgan fingerprint density at radius 1 is 0.375 bits per heavy atom. The Kier molecular flexibility index (Phi) is 14.6. The summed E-state index contributed by atoms with van der Waals surface area (Å²) in [4.78, 5) is 0. The number of hydrogen-bond acceptors (Lipinski definition) is 0. The molecule has 0 aromatic heterocycles. The topological polar surface area (TPSA) is 0 Å². The van der Waals surface area contributed by atoms with E-state index in [1.54, 1.807) is 0 Å². The third-order valence-corrected chi connectivity index (χ3v) is 10.8. The van der Waals surface area contributed by atoms with Gasteiger partial charge in [0.2, 0.25) is 0 Å². The lowest BCUT2D eigenvalue weighted by Crippen LogP contribution is -1.98. The van der Waals surface area contributed by atoms with Gasteiger partial charge >= 0.3 is 0 Å². The van der Waals surface area contributed by atoms with E-state index in [1.165, 1.54) is 89.2 Å². The molecule has 4 aliphatic carbocycles. The highest BCUT2D eigenvalue weighted by Gasteiger charge is 2.21. The molecule has 0 heterocycles. The van der Waals surface area contributed by atoms with Crippen molar-refractivity contribution in [2.24, 2.45) is 11.8 Å². The molecule has 0 N–H and O–H groups in total. The first-order valence-electron chi connectivity index (χ1n) is 20.2. The molecule has 284 valence electrons. The van der Waals surface area contributed by atoms with Crippen LogP contribution in [0.5, 0.6) is 0 Å². The average Bonchev–Trinajstić information content (AvgIpc) is 3.58. The number of rotatable bonds is 8. The lowest BCUT2D eigenvalue weighted by atomic mass is 9.88. The molecule has 0 unspecified atom stereocenters. The molecule has 2 aromatic carbocycles. The highest BCUT2D eigenvalue weighted by Crippen LogP contribution is 2.39. The summed E-state index contributed by atoms with van der Waals surface area (Å²) in [5.41, 5.74) is 21.1. The summed E-state index contributed by atoms with van der Waals surface area (Å²) >= 11 is 0. The average molecular weight is 733 g/mol. The monoisotopic (exact) mass is 732 g/mol. The summed E-state index contributed by atoms with van der Waals surface area (Å²) in [5.74, 6) is 1.03. The summed E-state index contributed by atoms with van der Waals surface area (Å²) in [7, 11) is 0. The van der Waals surface area contributed by atoms with E-state index >= 15 is 0 Å². The number of benzene rings is 2. The summed E-state index contributed by atoms with van der Waals surface area (Å²) in [6, 6.07) is 20.8. The minimum atomic E-state index is 0.516. The van der Waals surface area contributed by atoms with Crippen molar-refractivity contribution in [3.63, 3.8) is 0 Å². The summed E-state index contributed by atoms with van der Waals surface area (Å²) in [5, 5.41) is 0. The third kappa shape index (κ3) is 10.7. The van der Waals surface area contributed by atoms with Gasteiger partial charge in [0.05, 0.1) is 0 Å². The van der Waals surface area contributed by atoms with Gasteiger partial charge in [0.1, 0.15) is 0 Å². The van der Waals surface area contributed by atoms with Crippen LogP contribution in [0.15, 0.2) is 236 Å². The second-order valence-electron chi connectivity index (χ2n) is 15.7. The minimum absolute atomic E-state index is 0.516. The van der Waals surface area contributed by atoms with Crippen LogP contribution in [0.3, 0.4) is 0 Å². The smallest absolute Gasteiger partial charge is 0.0117 e. The van der Waals surface area contributed by atoms with E-state index in [4.69, 9.17) is 0 Å². The van der Waals surface area contributed by atoms with E-state index < -0.39 is 0 Å². The van der Waals surface area contributed by atoms with Gasteiger partial charge in [-0.15, -0.1) is 0 Å². The molecule has 0 fully saturated rings. The second kappa shape index (κ2) is 19.7. The first-order valence-corrected chi connectivity index (χ1v) is 20.2. The number of allylic oxidation sites excluding steroid dienone is 30. The van der Waals surface area contributed by atoms with Crippen LogP contribution in [0.25, 0.3) is 12.2 Å². The number of fused-ring (bicyclic) bond motifs is 2. The number of hydrogen-bond donors (Lipinski definition) is 0. The van der Waals surface area contributed by atoms with Gasteiger partial charge in [0, 0.05) is 0 Å². The Morgan fingerprint density at radius 3 is 1.07 bits per heavy atom. The van der Waals surface area contributed by atoms with Crippen LogP contribution in [-0.2, 0) is 0 Å². The first kappa shape index (κ1) is 41.4. The van der Waals surface area contributed by atoms with Gasteiger partial charge in [0.15, 0.2) is 0 Å². The molecule has 0 radical (unpaired) electrons. The molecule has 0 heteroatoms. The van der Waals surface area contributed by atoms with E-state index in [0.29, 0.717) is 11.8 Å². The van der Waals surface area contributed by atoms with E-state index in [1.807, 2.05) is 12.1 Å². The van der Waals surface area contributed by atoms with Crippen LogP contribution < -0.4 is 0 Å². The molecule has 6 rings (SSSR count). The fourth-order valence-electron chi connectivity index (χ4n) is 7.23. The molecule has 0 spiro atoms. The Bertz CT molecular complexity index is 2120. The Morgan fingerprint density at radius 2 is 0.714 bits per heavy atom. The van der Waals surface area contributed by atoms with E-state index in [0.717, 1.165) is 0 Å². The molecule has 2 aromatic rings. The van der Waals surface area contributed by atoms with Crippen molar-refractivity contribution in [1.29, 1.82) is 0 Å². The zero-order valence-corrected chi connectivity index (χ0v) is 35.3. The van der Waals surface area contributed by atoms with Crippen LogP contribution in [-0.4, -0.2) is 0 Å². The molecule has 0 bridgehead atoms. The zero-order valence-electron chi connectivity index (χ0n) is 35.3. The van der Waals surface area contributed by atoms with Crippen LogP contribution in [0.2, 0.25) is 0 Å². The zero-order chi connectivity index (χ0) is 40.2. The van der Waals surface area contributed by atoms with Gasteiger partial charge in [-0.2, -0.15) is 0 Å². The van der Waals surface area contributed by atoms with Crippen molar-refractivity contribution in [2.45, 2.75) is 69.2 Å². The minimum Gasteiger partial charge on any atom is -0.0622 e. The van der Waals surface area contributed by atoms with E-state index in [-0.39, 0.29) is 0 Å². The molecule has 0 atom stereocenters. The van der Waals surface area contributed by atoms with Gasteiger partial charge in [-0.25, -0.2) is 0 Å². The maximum atomic E-state index is 2.37. The Labute approximate surface area is 338 Å². The van der Waals surface area contributed by atoms with Crippen LogP contribution in [0.1, 0.15) is 80.4 Å². The third-order valence-electron chi connectivity index (χ3n) is 10.8. The molecule has 0 amide bonds. The molecular formula is C56H60. The highest BCUT2D eigenvalue weighted by molar-refractivity contribution is 5.69. The highest BCUT2D eigenvalue weighted by atomic mass is 14.2. The molecule has 4 aliphatic rings. The van der Waals surface area contributed by atoms with Gasteiger partial charge in [-0.3, -0.25) is 0 Å². The van der Waals surface area contributed by atoms with E-state index in [2.05, 4.69) is 227 Å². The van der Waals surface area contributed by atoms with Crippen molar-refractivity contribution in [2.75, 3.05) is 0 Å². The predicted octanol–water partition coefficient (Wildman–Crippen LogP) is 15.9. The molecule has 0 aliphatic heterocycles. The van der Waals surface area contributed by atoms with Crippen molar-refractivity contribution in [1.82, 2.24) is 0 Å². The molecule has 0 saturated heterocycles. The van der Waals surface area contributed by atoms with Gasteiger partial charge in [-0.1, -0.05) is 198 Å². The van der Waals surface area contributed by atoms with E-state index in [9.17, 15) is 0 Å². The SMILES string of the molecule is CC1=CC=C(/C=C/C=C/c2ccccc2)C(C)=C2C(C)=CC=C(C(C)C)C=C12.CC1=CC=C(/C=C\C=C\c2ccccc2)C(C)=C2C(C)=CC=C(C(C)C)C=C12. The first-order chi connectivity index (χ1) is 26.9. The van der Waals surface area contributed by atoms with Crippen molar-refractivity contribution in [3.8, 4) is 0 Å². The molecule has 0 saturated carbocycles.